The van der Waals surface area contributed by atoms with Gasteiger partial charge >= 0.3 is 0 Å². The van der Waals surface area contributed by atoms with Crippen LogP contribution in [0.4, 0.5) is 4.79 Å². The van der Waals surface area contributed by atoms with Gasteiger partial charge in [-0.2, -0.15) is 0 Å². The topological polar surface area (TPSA) is 51.1 Å². The van der Waals surface area contributed by atoms with Crippen LogP contribution >= 0.6 is 11.8 Å². The molecule has 1 aliphatic carbocycles. The molecule has 0 spiro atoms. The first-order valence-electron chi connectivity index (χ1n) is 6.65. The lowest BCUT2D eigenvalue weighted by molar-refractivity contribution is -0.115. The molecule has 0 atom stereocenters. The van der Waals surface area contributed by atoms with Gasteiger partial charge in [0.2, 0.25) is 0 Å². The summed E-state index contributed by atoms with van der Waals surface area (Å²) in [6, 6.07) is 2.59. The van der Waals surface area contributed by atoms with Gasteiger partial charge in [-0.1, -0.05) is 19.3 Å². The monoisotopic (exact) mass is 276 g/mol. The third kappa shape index (κ3) is 2.76. The average Bonchev–Trinajstić information content (AvgIpc) is 2.99. The maximum atomic E-state index is 11.5. The maximum Gasteiger partial charge on any atom is 0.290 e. The van der Waals surface area contributed by atoms with Crippen molar-refractivity contribution in [3.63, 3.8) is 0 Å². The minimum Gasteiger partial charge on any atom is -0.351 e. The summed E-state index contributed by atoms with van der Waals surface area (Å²) >= 11 is 0.966. The van der Waals surface area contributed by atoms with Crippen molar-refractivity contribution in [2.24, 2.45) is 0 Å². The Hall–Kier alpha value is -1.49. The van der Waals surface area contributed by atoms with E-state index in [9.17, 15) is 9.59 Å². The normalized spacial score (nSPS) is 23.1. The number of amides is 2. The Bertz CT molecular complexity index is 541. The number of imide groups is 1. The fraction of sp³-hybridized carbons (Fsp3) is 0.429. The molecule has 2 fully saturated rings. The van der Waals surface area contributed by atoms with Gasteiger partial charge < -0.3 is 4.57 Å². The molecule has 2 heterocycles. The van der Waals surface area contributed by atoms with E-state index in [4.69, 9.17) is 0 Å². The van der Waals surface area contributed by atoms with Gasteiger partial charge in [0.1, 0.15) is 0 Å². The fourth-order valence-corrected chi connectivity index (χ4v) is 3.38. The first-order chi connectivity index (χ1) is 9.22. The molecule has 2 amide bonds. The molecule has 1 N–H and O–H groups in total. The van der Waals surface area contributed by atoms with Crippen LogP contribution in [0.25, 0.3) is 6.08 Å². The van der Waals surface area contributed by atoms with E-state index in [1.165, 1.54) is 32.1 Å². The SMILES string of the molecule is O=C1NC(=O)/C(=C/c2ccn(C3CCCCC3)c2)S1. The Labute approximate surface area is 116 Å². The standard InChI is InChI=1S/C14H16N2O2S/c17-13-12(19-14(18)15-13)8-10-6-7-16(9-10)11-4-2-1-3-5-11/h6-9,11H,1-5H2,(H,15,17,18)/b12-8-. The molecule has 0 radical (unpaired) electrons. The second-order valence-electron chi connectivity index (χ2n) is 5.04. The second-order valence-corrected chi connectivity index (χ2v) is 6.05. The van der Waals surface area contributed by atoms with Crippen molar-refractivity contribution in [2.45, 2.75) is 38.1 Å². The molecule has 0 bridgehead atoms. The number of rotatable bonds is 2. The van der Waals surface area contributed by atoms with Crippen molar-refractivity contribution in [2.75, 3.05) is 0 Å². The highest BCUT2D eigenvalue weighted by Gasteiger charge is 2.25. The first kappa shape index (κ1) is 12.5. The van der Waals surface area contributed by atoms with Crippen molar-refractivity contribution >= 4 is 29.0 Å². The van der Waals surface area contributed by atoms with E-state index in [0.29, 0.717) is 10.9 Å². The summed E-state index contributed by atoms with van der Waals surface area (Å²) in [4.78, 5) is 23.0. The molecule has 0 aromatic carbocycles. The number of nitrogens with zero attached hydrogens (tertiary/aromatic N) is 1. The van der Waals surface area contributed by atoms with E-state index >= 15 is 0 Å². The smallest absolute Gasteiger partial charge is 0.290 e. The van der Waals surface area contributed by atoms with Crippen molar-refractivity contribution in [1.29, 1.82) is 0 Å². The molecule has 5 heteroatoms. The van der Waals surface area contributed by atoms with Gasteiger partial charge in [-0.05, 0) is 42.3 Å². The summed E-state index contributed by atoms with van der Waals surface area (Å²) < 4.78 is 2.24. The number of aromatic nitrogens is 1. The summed E-state index contributed by atoms with van der Waals surface area (Å²) in [6.07, 6.45) is 12.3. The molecule has 1 aromatic rings. The van der Waals surface area contributed by atoms with Gasteiger partial charge in [0, 0.05) is 18.4 Å². The molecule has 1 saturated heterocycles. The van der Waals surface area contributed by atoms with Crippen molar-refractivity contribution in [3.05, 3.63) is 28.9 Å². The van der Waals surface area contributed by atoms with Crippen LogP contribution in [0.3, 0.4) is 0 Å². The number of hydrogen-bond donors (Lipinski definition) is 1. The third-order valence-corrected chi connectivity index (χ3v) is 4.48. The van der Waals surface area contributed by atoms with E-state index in [1.54, 1.807) is 6.08 Å². The van der Waals surface area contributed by atoms with Crippen LogP contribution in [-0.4, -0.2) is 15.7 Å². The van der Waals surface area contributed by atoms with Crippen molar-refractivity contribution in [3.8, 4) is 0 Å². The van der Waals surface area contributed by atoms with Crippen LogP contribution in [0.5, 0.6) is 0 Å². The molecule has 1 aliphatic heterocycles. The van der Waals surface area contributed by atoms with E-state index < -0.39 is 0 Å². The summed E-state index contributed by atoms with van der Waals surface area (Å²) in [6.45, 7) is 0. The lowest BCUT2D eigenvalue weighted by atomic mass is 9.95. The zero-order valence-electron chi connectivity index (χ0n) is 10.6. The molecule has 1 saturated carbocycles. The Morgan fingerprint density at radius 3 is 2.74 bits per heavy atom. The highest BCUT2D eigenvalue weighted by molar-refractivity contribution is 8.18. The second kappa shape index (κ2) is 5.25. The highest BCUT2D eigenvalue weighted by Crippen LogP contribution is 2.30. The Morgan fingerprint density at radius 1 is 1.26 bits per heavy atom. The lowest BCUT2D eigenvalue weighted by Crippen LogP contribution is -2.17. The zero-order valence-corrected chi connectivity index (χ0v) is 11.4. The quantitative estimate of drug-likeness (QED) is 0.843. The summed E-state index contributed by atoms with van der Waals surface area (Å²) in [5, 5.41) is 1.98. The summed E-state index contributed by atoms with van der Waals surface area (Å²) in [5.41, 5.74) is 0.984. The van der Waals surface area contributed by atoms with Crippen molar-refractivity contribution in [1.82, 2.24) is 9.88 Å². The minimum atomic E-state index is -0.291. The first-order valence-corrected chi connectivity index (χ1v) is 7.46. The minimum absolute atomic E-state index is 0.289. The Balaban J connectivity index is 1.76. The zero-order chi connectivity index (χ0) is 13.2. The summed E-state index contributed by atoms with van der Waals surface area (Å²) in [7, 11) is 0. The van der Waals surface area contributed by atoms with Gasteiger partial charge in [-0.15, -0.1) is 0 Å². The molecular formula is C14H16N2O2S. The number of carbonyl (C=O) groups is 2. The third-order valence-electron chi connectivity index (χ3n) is 3.67. The molecule has 100 valence electrons. The van der Waals surface area contributed by atoms with Crippen LogP contribution < -0.4 is 5.32 Å². The predicted molar refractivity (Wildman–Crippen MR) is 75.7 cm³/mol. The summed E-state index contributed by atoms with van der Waals surface area (Å²) in [5.74, 6) is -0.291. The van der Waals surface area contributed by atoms with Crippen LogP contribution in [-0.2, 0) is 4.79 Å². The molecular weight excluding hydrogens is 260 g/mol. The molecule has 3 rings (SSSR count). The molecule has 0 unspecified atom stereocenters. The van der Waals surface area contributed by atoms with Gasteiger partial charge in [0.25, 0.3) is 11.1 Å². The average molecular weight is 276 g/mol. The maximum absolute atomic E-state index is 11.5. The largest absolute Gasteiger partial charge is 0.351 e. The van der Waals surface area contributed by atoms with Gasteiger partial charge in [0.05, 0.1) is 4.91 Å². The van der Waals surface area contributed by atoms with E-state index in [2.05, 4.69) is 22.3 Å². The molecule has 1 aromatic heterocycles. The van der Waals surface area contributed by atoms with Crippen LogP contribution in [0.15, 0.2) is 23.4 Å². The number of carbonyl (C=O) groups excluding carboxylic acids is 2. The van der Waals surface area contributed by atoms with E-state index in [0.717, 1.165) is 17.3 Å². The van der Waals surface area contributed by atoms with Gasteiger partial charge in [-0.25, -0.2) is 0 Å². The van der Waals surface area contributed by atoms with Gasteiger partial charge in [-0.3, -0.25) is 14.9 Å². The van der Waals surface area contributed by atoms with Crippen LogP contribution in [0, 0.1) is 0 Å². The lowest BCUT2D eigenvalue weighted by Gasteiger charge is -2.23. The van der Waals surface area contributed by atoms with Gasteiger partial charge in [0.15, 0.2) is 0 Å². The number of hydrogen-bond acceptors (Lipinski definition) is 3. The predicted octanol–water partition coefficient (Wildman–Crippen LogP) is 3.32. The highest BCUT2D eigenvalue weighted by atomic mass is 32.2. The fourth-order valence-electron chi connectivity index (χ4n) is 2.69. The number of nitrogens with one attached hydrogen (secondary N) is 1. The van der Waals surface area contributed by atoms with Crippen molar-refractivity contribution < 1.29 is 9.59 Å². The van der Waals surface area contributed by atoms with Crippen LogP contribution in [0.2, 0.25) is 0 Å². The van der Waals surface area contributed by atoms with Crippen LogP contribution in [0.1, 0.15) is 43.7 Å². The van der Waals surface area contributed by atoms with E-state index in [1.807, 2.05) is 6.07 Å². The molecule has 4 nitrogen and oxygen atoms in total. The van der Waals surface area contributed by atoms with E-state index in [-0.39, 0.29) is 11.1 Å². The Kier molecular flexibility index (Phi) is 3.46. The molecule has 19 heavy (non-hydrogen) atoms. The molecule has 2 aliphatic rings. The number of thioether (sulfide) groups is 1. The Morgan fingerprint density at radius 2 is 2.05 bits per heavy atom.